The van der Waals surface area contributed by atoms with Crippen LogP contribution in [0.3, 0.4) is 0 Å². The predicted octanol–water partition coefficient (Wildman–Crippen LogP) is 1.99. The molecule has 1 aliphatic rings. The van der Waals surface area contributed by atoms with Crippen LogP contribution in [0.15, 0.2) is 18.2 Å². The first-order chi connectivity index (χ1) is 7.58. The van der Waals surface area contributed by atoms with Crippen molar-refractivity contribution < 1.29 is 9.90 Å². The van der Waals surface area contributed by atoms with Gasteiger partial charge in [-0.3, -0.25) is 4.79 Å². The number of carboxylic acid groups (broad SMARTS) is 1. The van der Waals surface area contributed by atoms with Gasteiger partial charge in [-0.05, 0) is 30.2 Å². The molecular formula is C10H10Cl2N2O2. The van der Waals surface area contributed by atoms with E-state index in [4.69, 9.17) is 28.3 Å². The Labute approximate surface area is 103 Å². The summed E-state index contributed by atoms with van der Waals surface area (Å²) in [6.07, 6.45) is 0.440. The molecule has 0 aliphatic carbocycles. The van der Waals surface area contributed by atoms with Gasteiger partial charge in [0.2, 0.25) is 0 Å². The van der Waals surface area contributed by atoms with Crippen molar-refractivity contribution in [1.29, 1.82) is 0 Å². The molecule has 1 aliphatic heterocycles. The number of carbonyl (C=O) groups is 1. The molecule has 4 nitrogen and oxygen atoms in total. The van der Waals surface area contributed by atoms with Gasteiger partial charge in [-0.15, -0.1) is 0 Å². The Morgan fingerprint density at radius 1 is 1.38 bits per heavy atom. The molecule has 0 saturated carbocycles. The zero-order chi connectivity index (χ0) is 11.7. The topological polar surface area (TPSA) is 61.4 Å². The summed E-state index contributed by atoms with van der Waals surface area (Å²) in [5.41, 5.74) is 6.41. The molecule has 16 heavy (non-hydrogen) atoms. The third-order valence-corrected chi connectivity index (χ3v) is 3.11. The van der Waals surface area contributed by atoms with Crippen molar-refractivity contribution >= 4 is 29.2 Å². The average molecular weight is 261 g/mol. The third kappa shape index (κ3) is 2.30. The Kier molecular flexibility index (Phi) is 3.35. The lowest BCUT2D eigenvalue weighted by molar-refractivity contribution is -0.139. The Balaban J connectivity index is 2.20. The monoisotopic (exact) mass is 260 g/mol. The highest BCUT2D eigenvalue weighted by Gasteiger charge is 2.30. The van der Waals surface area contributed by atoms with Crippen molar-refractivity contribution in [2.45, 2.75) is 18.5 Å². The van der Waals surface area contributed by atoms with E-state index >= 15 is 0 Å². The summed E-state index contributed by atoms with van der Waals surface area (Å²) in [5, 5.41) is 10.0. The van der Waals surface area contributed by atoms with E-state index in [-0.39, 0.29) is 6.04 Å². The van der Waals surface area contributed by atoms with Gasteiger partial charge in [-0.1, -0.05) is 23.2 Å². The van der Waals surface area contributed by atoms with Crippen molar-refractivity contribution in [2.75, 3.05) is 0 Å². The summed E-state index contributed by atoms with van der Waals surface area (Å²) in [7, 11) is 0. The lowest BCUT2D eigenvalue weighted by Crippen LogP contribution is -2.36. The maximum absolute atomic E-state index is 10.8. The Hall–Kier alpha value is -0.810. The molecule has 0 spiro atoms. The van der Waals surface area contributed by atoms with Crippen molar-refractivity contribution in [3.05, 3.63) is 33.8 Å². The largest absolute Gasteiger partial charge is 0.480 e. The fraction of sp³-hybridized carbons (Fsp3) is 0.300. The molecule has 0 bridgehead atoms. The number of rotatable bonds is 2. The van der Waals surface area contributed by atoms with E-state index in [9.17, 15) is 4.79 Å². The number of hydrazine groups is 1. The van der Waals surface area contributed by atoms with Gasteiger partial charge in [0.15, 0.2) is 0 Å². The van der Waals surface area contributed by atoms with Gasteiger partial charge in [-0.25, -0.2) is 10.9 Å². The van der Waals surface area contributed by atoms with E-state index in [2.05, 4.69) is 10.9 Å². The fourth-order valence-electron chi connectivity index (χ4n) is 1.70. The van der Waals surface area contributed by atoms with Gasteiger partial charge in [0.25, 0.3) is 0 Å². The Morgan fingerprint density at radius 2 is 2.12 bits per heavy atom. The highest BCUT2D eigenvalue weighted by molar-refractivity contribution is 6.33. The van der Waals surface area contributed by atoms with E-state index in [1.54, 1.807) is 18.2 Å². The highest BCUT2D eigenvalue weighted by atomic mass is 35.5. The number of aliphatic carboxylic acids is 1. The number of carboxylic acids is 1. The highest BCUT2D eigenvalue weighted by Crippen LogP contribution is 2.30. The first-order valence-electron chi connectivity index (χ1n) is 4.76. The first kappa shape index (κ1) is 11.7. The summed E-state index contributed by atoms with van der Waals surface area (Å²) in [4.78, 5) is 10.8. The van der Waals surface area contributed by atoms with Crippen LogP contribution in [0.4, 0.5) is 0 Å². The molecule has 0 aromatic heterocycles. The molecule has 86 valence electrons. The van der Waals surface area contributed by atoms with E-state index in [0.29, 0.717) is 16.5 Å². The van der Waals surface area contributed by atoms with Gasteiger partial charge in [0.05, 0.1) is 0 Å². The molecule has 0 radical (unpaired) electrons. The van der Waals surface area contributed by atoms with Crippen LogP contribution in [0.25, 0.3) is 0 Å². The number of hydrogen-bond donors (Lipinski definition) is 3. The molecule has 3 N–H and O–H groups in total. The molecule has 0 amide bonds. The van der Waals surface area contributed by atoms with E-state index in [0.717, 1.165) is 5.56 Å². The number of nitrogens with one attached hydrogen (secondary N) is 2. The minimum Gasteiger partial charge on any atom is -0.480 e. The second-order valence-corrected chi connectivity index (χ2v) is 4.48. The van der Waals surface area contributed by atoms with Crippen LogP contribution in [0.2, 0.25) is 10.0 Å². The Bertz CT molecular complexity index is 425. The lowest BCUT2D eigenvalue weighted by Gasteiger charge is -2.11. The van der Waals surface area contributed by atoms with Crippen LogP contribution in [0.1, 0.15) is 18.0 Å². The molecule has 1 saturated heterocycles. The molecule has 1 aromatic rings. The molecular weight excluding hydrogens is 251 g/mol. The molecule has 2 atom stereocenters. The number of benzene rings is 1. The Morgan fingerprint density at radius 3 is 2.75 bits per heavy atom. The van der Waals surface area contributed by atoms with Gasteiger partial charge in [-0.2, -0.15) is 0 Å². The second kappa shape index (κ2) is 4.59. The van der Waals surface area contributed by atoms with Crippen molar-refractivity contribution in [3.8, 4) is 0 Å². The molecule has 2 unspecified atom stereocenters. The fourth-order valence-corrected chi connectivity index (χ4v) is 2.13. The van der Waals surface area contributed by atoms with Crippen LogP contribution in [-0.2, 0) is 4.79 Å². The third-order valence-electron chi connectivity index (χ3n) is 2.53. The van der Waals surface area contributed by atoms with Gasteiger partial charge >= 0.3 is 5.97 Å². The number of halogens is 2. The summed E-state index contributed by atoms with van der Waals surface area (Å²) < 4.78 is 0. The predicted molar refractivity (Wildman–Crippen MR) is 61.5 cm³/mol. The molecule has 1 fully saturated rings. The molecule has 1 heterocycles. The second-order valence-electron chi connectivity index (χ2n) is 3.63. The SMILES string of the molecule is O=C(O)C1CC(c2cc(Cl)ccc2Cl)NN1. The molecule has 1 aromatic carbocycles. The van der Waals surface area contributed by atoms with E-state index < -0.39 is 12.0 Å². The summed E-state index contributed by atoms with van der Waals surface area (Å²) in [5.74, 6) is -0.881. The van der Waals surface area contributed by atoms with Gasteiger partial charge in [0, 0.05) is 16.1 Å². The summed E-state index contributed by atoms with van der Waals surface area (Å²) >= 11 is 11.9. The van der Waals surface area contributed by atoms with Crippen LogP contribution < -0.4 is 10.9 Å². The van der Waals surface area contributed by atoms with Crippen LogP contribution in [0, 0.1) is 0 Å². The quantitative estimate of drug-likeness (QED) is 0.761. The lowest BCUT2D eigenvalue weighted by atomic mass is 10.0. The van der Waals surface area contributed by atoms with Crippen LogP contribution >= 0.6 is 23.2 Å². The van der Waals surface area contributed by atoms with Crippen LogP contribution in [-0.4, -0.2) is 17.1 Å². The van der Waals surface area contributed by atoms with Crippen LogP contribution in [0.5, 0.6) is 0 Å². The summed E-state index contributed by atoms with van der Waals surface area (Å²) in [6.45, 7) is 0. The maximum atomic E-state index is 10.8. The maximum Gasteiger partial charge on any atom is 0.322 e. The van der Waals surface area contributed by atoms with E-state index in [1.165, 1.54) is 0 Å². The minimum atomic E-state index is -0.881. The van der Waals surface area contributed by atoms with Crippen molar-refractivity contribution in [3.63, 3.8) is 0 Å². The first-order valence-corrected chi connectivity index (χ1v) is 5.52. The zero-order valence-corrected chi connectivity index (χ0v) is 9.72. The summed E-state index contributed by atoms with van der Waals surface area (Å²) in [6, 6.07) is 4.42. The molecule has 6 heteroatoms. The zero-order valence-electron chi connectivity index (χ0n) is 8.21. The molecule has 2 rings (SSSR count). The number of hydrogen-bond acceptors (Lipinski definition) is 3. The van der Waals surface area contributed by atoms with Gasteiger partial charge in [0.1, 0.15) is 6.04 Å². The normalized spacial score (nSPS) is 24.6. The average Bonchev–Trinajstić information content (AvgIpc) is 2.70. The van der Waals surface area contributed by atoms with Crippen molar-refractivity contribution in [1.82, 2.24) is 10.9 Å². The van der Waals surface area contributed by atoms with Crippen molar-refractivity contribution in [2.24, 2.45) is 0 Å². The smallest absolute Gasteiger partial charge is 0.322 e. The van der Waals surface area contributed by atoms with E-state index in [1.807, 2.05) is 0 Å². The standard InChI is InChI=1S/C10H10Cl2N2O2/c11-5-1-2-7(12)6(3-5)8-4-9(10(15)16)14-13-8/h1-3,8-9,13-14H,4H2,(H,15,16). The minimum absolute atomic E-state index is 0.132. The van der Waals surface area contributed by atoms with Gasteiger partial charge < -0.3 is 5.11 Å².